The minimum Gasteiger partial charge on any atom is -0.299 e. The molecule has 1 fully saturated rings. The smallest absolute Gasteiger partial charge is 0.170 e. The number of hydrogen-bond donors (Lipinski definition) is 0. The van der Waals surface area contributed by atoms with Gasteiger partial charge in [-0.25, -0.2) is 0 Å². The fourth-order valence-electron chi connectivity index (χ4n) is 5.73. The highest BCUT2D eigenvalue weighted by Crippen LogP contribution is 2.38. The van der Waals surface area contributed by atoms with E-state index in [4.69, 9.17) is 0 Å². The maximum Gasteiger partial charge on any atom is 0.170 e. The molecular formula is C34H48O2. The Morgan fingerprint density at radius 2 is 1.19 bits per heavy atom. The van der Waals surface area contributed by atoms with Crippen LogP contribution in [0.3, 0.4) is 0 Å². The highest BCUT2D eigenvalue weighted by atomic mass is 16.1. The van der Waals surface area contributed by atoms with Gasteiger partial charge in [-0.3, -0.25) is 9.59 Å². The number of unbranched alkanes of at least 4 members (excludes halogenated alkanes) is 8. The van der Waals surface area contributed by atoms with E-state index in [1.165, 1.54) is 101 Å². The second-order valence-electron chi connectivity index (χ2n) is 11.0. The van der Waals surface area contributed by atoms with Gasteiger partial charge in [0, 0.05) is 12.0 Å². The summed E-state index contributed by atoms with van der Waals surface area (Å²) in [5.41, 5.74) is 4.40. The van der Waals surface area contributed by atoms with Crippen LogP contribution in [0.2, 0.25) is 0 Å². The molecule has 2 aromatic carbocycles. The largest absolute Gasteiger partial charge is 0.299 e. The summed E-state index contributed by atoms with van der Waals surface area (Å²) in [6.07, 6.45) is 20.1. The fraction of sp³-hybridized carbons (Fsp3) is 0.588. The zero-order valence-electron chi connectivity index (χ0n) is 22.9. The normalized spacial score (nSPS) is 17.7. The molecule has 2 aromatic rings. The van der Waals surface area contributed by atoms with Crippen molar-refractivity contribution >= 4 is 11.6 Å². The van der Waals surface area contributed by atoms with Crippen molar-refractivity contribution in [2.45, 2.75) is 122 Å². The molecule has 0 heterocycles. The first-order chi connectivity index (χ1) is 17.6. The van der Waals surface area contributed by atoms with Crippen LogP contribution in [-0.4, -0.2) is 11.6 Å². The topological polar surface area (TPSA) is 34.1 Å². The average Bonchev–Trinajstić information content (AvgIpc) is 2.92. The first-order valence-corrected chi connectivity index (χ1v) is 14.9. The molecule has 0 atom stereocenters. The van der Waals surface area contributed by atoms with Gasteiger partial charge < -0.3 is 0 Å². The summed E-state index contributed by atoms with van der Waals surface area (Å²) in [5, 5.41) is 0. The molecule has 196 valence electrons. The van der Waals surface area contributed by atoms with Gasteiger partial charge >= 0.3 is 0 Å². The number of rotatable bonds is 16. The highest BCUT2D eigenvalue weighted by molar-refractivity contribution is 6.08. The van der Waals surface area contributed by atoms with Gasteiger partial charge in [-0.05, 0) is 54.2 Å². The van der Waals surface area contributed by atoms with Gasteiger partial charge in [0.1, 0.15) is 5.78 Å². The van der Waals surface area contributed by atoms with Gasteiger partial charge in [0.2, 0.25) is 0 Å². The Kier molecular flexibility index (Phi) is 12.4. The van der Waals surface area contributed by atoms with E-state index < -0.39 is 0 Å². The van der Waals surface area contributed by atoms with E-state index in [1.807, 2.05) is 24.3 Å². The number of hydrogen-bond acceptors (Lipinski definition) is 2. The Bertz CT molecular complexity index is 901. The lowest BCUT2D eigenvalue weighted by molar-refractivity contribution is -0.117. The highest BCUT2D eigenvalue weighted by Gasteiger charge is 2.22. The number of carbonyl (C=O) groups excluding carboxylic acids is 2. The molecule has 0 amide bonds. The van der Waals surface area contributed by atoms with E-state index in [1.54, 1.807) is 6.92 Å². The van der Waals surface area contributed by atoms with Crippen LogP contribution in [-0.2, 0) is 4.79 Å². The lowest BCUT2D eigenvalue weighted by Gasteiger charge is -2.29. The van der Waals surface area contributed by atoms with Crippen LogP contribution in [0.25, 0.3) is 11.1 Å². The number of Topliss-reactive ketones (excluding diaryl/α,β-unsaturated/α-hetero) is 2. The molecule has 3 rings (SSSR count). The van der Waals surface area contributed by atoms with E-state index in [2.05, 4.69) is 31.2 Å². The zero-order valence-corrected chi connectivity index (χ0v) is 22.9. The lowest BCUT2D eigenvalue weighted by Crippen LogP contribution is -2.13. The van der Waals surface area contributed by atoms with Crippen LogP contribution in [0, 0.1) is 5.92 Å². The SMILES string of the molecule is CCCCCCCCCCCC1CCC(c2ccc(-c3ccc(C(=O)CC(=O)CC)cc3)cc2)CC1. The third-order valence-electron chi connectivity index (χ3n) is 8.24. The van der Waals surface area contributed by atoms with Crippen molar-refractivity contribution in [1.82, 2.24) is 0 Å². The van der Waals surface area contributed by atoms with Gasteiger partial charge in [-0.15, -0.1) is 0 Å². The summed E-state index contributed by atoms with van der Waals surface area (Å²) in [4.78, 5) is 23.8. The Labute approximate surface area is 220 Å². The summed E-state index contributed by atoms with van der Waals surface area (Å²) < 4.78 is 0. The molecule has 1 aliphatic rings. The second kappa shape index (κ2) is 15.8. The predicted molar refractivity (Wildman–Crippen MR) is 153 cm³/mol. The van der Waals surface area contributed by atoms with Crippen molar-refractivity contribution in [3.63, 3.8) is 0 Å². The van der Waals surface area contributed by atoms with Crippen molar-refractivity contribution in [1.29, 1.82) is 0 Å². The monoisotopic (exact) mass is 488 g/mol. The number of carbonyl (C=O) groups is 2. The molecule has 0 N–H and O–H groups in total. The van der Waals surface area contributed by atoms with Crippen LogP contribution < -0.4 is 0 Å². The predicted octanol–water partition coefficient (Wildman–Crippen LogP) is 10.1. The summed E-state index contributed by atoms with van der Waals surface area (Å²) in [6, 6.07) is 16.8. The average molecular weight is 489 g/mol. The Morgan fingerprint density at radius 3 is 1.75 bits per heavy atom. The first-order valence-electron chi connectivity index (χ1n) is 14.9. The number of ketones is 2. The molecule has 0 spiro atoms. The van der Waals surface area contributed by atoms with Crippen molar-refractivity contribution in [2.75, 3.05) is 0 Å². The minimum absolute atomic E-state index is 0.00260. The van der Waals surface area contributed by atoms with Gasteiger partial charge in [-0.1, -0.05) is 127 Å². The zero-order chi connectivity index (χ0) is 25.6. The van der Waals surface area contributed by atoms with Gasteiger partial charge in [0.15, 0.2) is 5.78 Å². The molecule has 2 nitrogen and oxygen atoms in total. The first kappa shape index (κ1) is 28.4. The molecular weight excluding hydrogens is 440 g/mol. The summed E-state index contributed by atoms with van der Waals surface area (Å²) in [5.74, 6) is 1.56. The molecule has 0 bridgehead atoms. The van der Waals surface area contributed by atoms with E-state index in [0.29, 0.717) is 17.9 Å². The maximum atomic E-state index is 12.2. The molecule has 0 aliphatic heterocycles. The van der Waals surface area contributed by atoms with Crippen LogP contribution >= 0.6 is 0 Å². The van der Waals surface area contributed by atoms with Crippen LogP contribution in [0.4, 0.5) is 0 Å². The molecule has 0 unspecified atom stereocenters. The molecule has 36 heavy (non-hydrogen) atoms. The third kappa shape index (κ3) is 9.34. The molecule has 1 aliphatic carbocycles. The molecule has 0 aromatic heterocycles. The van der Waals surface area contributed by atoms with Gasteiger partial charge in [0.25, 0.3) is 0 Å². The second-order valence-corrected chi connectivity index (χ2v) is 11.0. The van der Waals surface area contributed by atoms with Gasteiger partial charge in [0.05, 0.1) is 6.42 Å². The Hall–Kier alpha value is -2.22. The minimum atomic E-state index is -0.0860. The molecule has 0 saturated heterocycles. The molecule has 1 saturated carbocycles. The van der Waals surface area contributed by atoms with Crippen molar-refractivity contribution < 1.29 is 9.59 Å². The van der Waals surface area contributed by atoms with Crippen molar-refractivity contribution in [3.05, 3.63) is 59.7 Å². The Morgan fingerprint density at radius 1 is 0.667 bits per heavy atom. The van der Waals surface area contributed by atoms with Crippen molar-refractivity contribution in [3.8, 4) is 11.1 Å². The van der Waals surface area contributed by atoms with E-state index >= 15 is 0 Å². The van der Waals surface area contributed by atoms with E-state index in [9.17, 15) is 9.59 Å². The van der Waals surface area contributed by atoms with Crippen molar-refractivity contribution in [2.24, 2.45) is 5.92 Å². The van der Waals surface area contributed by atoms with Gasteiger partial charge in [-0.2, -0.15) is 0 Å². The Balaban J connectivity index is 1.37. The summed E-state index contributed by atoms with van der Waals surface area (Å²) >= 11 is 0. The number of benzene rings is 2. The maximum absolute atomic E-state index is 12.2. The van der Waals surface area contributed by atoms with E-state index in [-0.39, 0.29) is 18.0 Å². The molecule has 0 radical (unpaired) electrons. The summed E-state index contributed by atoms with van der Waals surface area (Å²) in [6.45, 7) is 4.09. The van der Waals surface area contributed by atoms with Crippen LogP contribution in [0.1, 0.15) is 138 Å². The lowest BCUT2D eigenvalue weighted by atomic mass is 9.77. The molecule has 2 heteroatoms. The standard InChI is InChI=1S/C34H48O2/c1-3-5-6-7-8-9-10-11-12-13-27-14-16-28(17-15-27)29-18-20-30(21-19-29)31-22-24-32(25-23-31)34(36)26-33(35)4-2/h18-25,27-28H,3-17,26H2,1-2H3. The third-order valence-corrected chi connectivity index (χ3v) is 8.24. The van der Waals surface area contributed by atoms with E-state index in [0.717, 1.165) is 11.5 Å². The fourth-order valence-corrected chi connectivity index (χ4v) is 5.73. The summed E-state index contributed by atoms with van der Waals surface area (Å²) in [7, 11) is 0. The van der Waals surface area contributed by atoms with Crippen LogP contribution in [0.5, 0.6) is 0 Å². The van der Waals surface area contributed by atoms with Crippen LogP contribution in [0.15, 0.2) is 48.5 Å². The quantitative estimate of drug-likeness (QED) is 0.134.